The fraction of sp³-hybridized carbons (Fsp3) is 0.417. The van der Waals surface area contributed by atoms with E-state index in [9.17, 15) is 14.3 Å². The van der Waals surface area contributed by atoms with E-state index in [0.717, 1.165) is 12.1 Å². The summed E-state index contributed by atoms with van der Waals surface area (Å²) < 4.78 is 17.9. The van der Waals surface area contributed by atoms with Crippen LogP contribution in [0.15, 0.2) is 18.2 Å². The van der Waals surface area contributed by atoms with Crippen molar-refractivity contribution in [1.82, 2.24) is 5.32 Å². The zero-order valence-corrected chi connectivity index (χ0v) is 9.87. The van der Waals surface area contributed by atoms with Gasteiger partial charge in [0.25, 0.3) is 5.91 Å². The maximum absolute atomic E-state index is 12.7. The summed E-state index contributed by atoms with van der Waals surface area (Å²) in [6.45, 7) is 4.61. The van der Waals surface area contributed by atoms with E-state index in [1.807, 2.05) is 6.92 Å². The van der Waals surface area contributed by atoms with Crippen molar-refractivity contribution < 1.29 is 19.0 Å². The fourth-order valence-electron chi connectivity index (χ4n) is 1.33. The van der Waals surface area contributed by atoms with Gasteiger partial charge in [0.2, 0.25) is 0 Å². The molecule has 1 rings (SSSR count). The summed E-state index contributed by atoms with van der Waals surface area (Å²) in [5.41, 5.74) is 0.0507. The topological polar surface area (TPSA) is 58.6 Å². The third kappa shape index (κ3) is 4.03. The summed E-state index contributed by atoms with van der Waals surface area (Å²) in [6.07, 6.45) is 0. The number of aromatic hydroxyl groups is 1. The minimum Gasteiger partial charge on any atom is -0.507 e. The van der Waals surface area contributed by atoms with Gasteiger partial charge in [0.1, 0.15) is 11.6 Å². The monoisotopic (exact) mass is 241 g/mol. The number of hydrogen-bond acceptors (Lipinski definition) is 3. The van der Waals surface area contributed by atoms with Crippen LogP contribution in [0.2, 0.25) is 0 Å². The van der Waals surface area contributed by atoms with Crippen molar-refractivity contribution in [2.45, 2.75) is 19.9 Å². The van der Waals surface area contributed by atoms with Crippen molar-refractivity contribution in [3.8, 4) is 5.75 Å². The van der Waals surface area contributed by atoms with Gasteiger partial charge >= 0.3 is 0 Å². The van der Waals surface area contributed by atoms with Crippen molar-refractivity contribution in [2.75, 3.05) is 13.2 Å². The van der Waals surface area contributed by atoms with Crippen molar-refractivity contribution in [2.24, 2.45) is 0 Å². The number of phenolic OH excluding ortho intramolecular Hbond substituents is 1. The molecule has 0 bridgehead atoms. The molecule has 1 aromatic rings. The molecule has 1 amide bonds. The van der Waals surface area contributed by atoms with Gasteiger partial charge in [0.05, 0.1) is 12.2 Å². The van der Waals surface area contributed by atoms with E-state index in [2.05, 4.69) is 5.32 Å². The summed E-state index contributed by atoms with van der Waals surface area (Å²) in [5, 5.41) is 12.1. The molecule has 0 aliphatic heterocycles. The number of ether oxygens (including phenoxy) is 1. The zero-order chi connectivity index (χ0) is 12.8. The number of amides is 1. The minimum absolute atomic E-state index is 0.0507. The molecule has 5 heteroatoms. The molecule has 0 spiro atoms. The summed E-state index contributed by atoms with van der Waals surface area (Å²) in [7, 11) is 0. The third-order valence-corrected chi connectivity index (χ3v) is 2.15. The highest BCUT2D eigenvalue weighted by molar-refractivity contribution is 5.96. The Morgan fingerprint density at radius 3 is 2.88 bits per heavy atom. The van der Waals surface area contributed by atoms with Crippen molar-refractivity contribution in [3.05, 3.63) is 29.6 Å². The SMILES string of the molecule is CCOCC(C)NC(=O)c1ccc(F)cc1O. The van der Waals surface area contributed by atoms with E-state index in [-0.39, 0.29) is 17.4 Å². The molecule has 1 unspecified atom stereocenters. The van der Waals surface area contributed by atoms with Crippen molar-refractivity contribution in [3.63, 3.8) is 0 Å². The Morgan fingerprint density at radius 2 is 2.29 bits per heavy atom. The second-order valence-corrected chi connectivity index (χ2v) is 3.70. The van der Waals surface area contributed by atoms with Crippen LogP contribution >= 0.6 is 0 Å². The van der Waals surface area contributed by atoms with Crippen LogP contribution < -0.4 is 5.32 Å². The maximum atomic E-state index is 12.7. The second-order valence-electron chi connectivity index (χ2n) is 3.70. The molecule has 0 aliphatic carbocycles. The van der Waals surface area contributed by atoms with E-state index < -0.39 is 11.7 Å². The first-order valence-corrected chi connectivity index (χ1v) is 5.41. The number of phenols is 1. The lowest BCUT2D eigenvalue weighted by molar-refractivity contribution is 0.0869. The van der Waals surface area contributed by atoms with Gasteiger partial charge in [-0.05, 0) is 26.0 Å². The first kappa shape index (κ1) is 13.4. The second kappa shape index (κ2) is 6.20. The molecule has 0 saturated heterocycles. The van der Waals surface area contributed by atoms with Crippen LogP contribution in [0.4, 0.5) is 4.39 Å². The van der Waals surface area contributed by atoms with Gasteiger partial charge in [-0.25, -0.2) is 4.39 Å². The van der Waals surface area contributed by atoms with Gasteiger partial charge in [-0.1, -0.05) is 0 Å². The number of benzene rings is 1. The third-order valence-electron chi connectivity index (χ3n) is 2.15. The first-order valence-electron chi connectivity index (χ1n) is 5.41. The normalized spacial score (nSPS) is 12.2. The van der Waals surface area contributed by atoms with Crippen LogP contribution in [0.25, 0.3) is 0 Å². The molecule has 4 nitrogen and oxygen atoms in total. The van der Waals surface area contributed by atoms with Gasteiger partial charge < -0.3 is 15.2 Å². The van der Waals surface area contributed by atoms with Crippen LogP contribution in [0, 0.1) is 5.82 Å². The Hall–Kier alpha value is -1.62. The molecule has 1 aromatic carbocycles. The van der Waals surface area contributed by atoms with Crippen LogP contribution in [0.5, 0.6) is 5.75 Å². The predicted octanol–water partition coefficient (Wildman–Crippen LogP) is 1.69. The molecule has 1 atom stereocenters. The van der Waals surface area contributed by atoms with E-state index in [4.69, 9.17) is 4.74 Å². The van der Waals surface area contributed by atoms with Gasteiger partial charge in [0.15, 0.2) is 0 Å². The average Bonchev–Trinajstić information content (AvgIpc) is 2.26. The molecule has 17 heavy (non-hydrogen) atoms. The lowest BCUT2D eigenvalue weighted by atomic mass is 10.1. The zero-order valence-electron chi connectivity index (χ0n) is 9.87. The Kier molecular flexibility index (Phi) is 4.90. The Bertz CT molecular complexity index is 395. The van der Waals surface area contributed by atoms with E-state index in [0.29, 0.717) is 13.2 Å². The van der Waals surface area contributed by atoms with Crippen LogP contribution in [-0.2, 0) is 4.74 Å². The van der Waals surface area contributed by atoms with Crippen molar-refractivity contribution >= 4 is 5.91 Å². The molecule has 0 radical (unpaired) electrons. The Morgan fingerprint density at radius 1 is 1.59 bits per heavy atom. The van der Waals surface area contributed by atoms with E-state index in [1.54, 1.807) is 6.92 Å². The summed E-state index contributed by atoms with van der Waals surface area (Å²) in [4.78, 5) is 11.7. The summed E-state index contributed by atoms with van der Waals surface area (Å²) in [5.74, 6) is -1.40. The van der Waals surface area contributed by atoms with Crippen LogP contribution in [0.1, 0.15) is 24.2 Å². The molecule has 2 N–H and O–H groups in total. The molecule has 0 heterocycles. The van der Waals surface area contributed by atoms with E-state index >= 15 is 0 Å². The lowest BCUT2D eigenvalue weighted by Gasteiger charge is -2.14. The molecule has 0 saturated carbocycles. The number of halogens is 1. The maximum Gasteiger partial charge on any atom is 0.255 e. The fourth-order valence-corrected chi connectivity index (χ4v) is 1.33. The van der Waals surface area contributed by atoms with Gasteiger partial charge in [-0.3, -0.25) is 4.79 Å². The smallest absolute Gasteiger partial charge is 0.255 e. The largest absolute Gasteiger partial charge is 0.507 e. The number of carbonyl (C=O) groups is 1. The Balaban J connectivity index is 2.63. The van der Waals surface area contributed by atoms with Gasteiger partial charge in [-0.15, -0.1) is 0 Å². The highest BCUT2D eigenvalue weighted by atomic mass is 19.1. The molecule has 0 aromatic heterocycles. The molecular weight excluding hydrogens is 225 g/mol. The van der Waals surface area contributed by atoms with Crippen LogP contribution in [0.3, 0.4) is 0 Å². The summed E-state index contributed by atoms with van der Waals surface area (Å²) in [6, 6.07) is 3.10. The predicted molar refractivity (Wildman–Crippen MR) is 61.5 cm³/mol. The highest BCUT2D eigenvalue weighted by Crippen LogP contribution is 2.17. The lowest BCUT2D eigenvalue weighted by Crippen LogP contribution is -2.35. The quantitative estimate of drug-likeness (QED) is 0.824. The van der Waals surface area contributed by atoms with Crippen molar-refractivity contribution in [1.29, 1.82) is 0 Å². The minimum atomic E-state index is -0.582. The molecule has 0 fully saturated rings. The molecule has 0 aliphatic rings. The number of nitrogens with one attached hydrogen (secondary N) is 1. The highest BCUT2D eigenvalue weighted by Gasteiger charge is 2.14. The van der Waals surface area contributed by atoms with E-state index in [1.165, 1.54) is 6.07 Å². The molecule has 94 valence electrons. The first-order chi connectivity index (χ1) is 8.04. The van der Waals surface area contributed by atoms with Crippen LogP contribution in [-0.4, -0.2) is 30.3 Å². The number of rotatable bonds is 5. The van der Waals surface area contributed by atoms with Gasteiger partial charge in [0, 0.05) is 18.7 Å². The summed E-state index contributed by atoms with van der Waals surface area (Å²) >= 11 is 0. The number of carbonyl (C=O) groups excluding carboxylic acids is 1. The molecular formula is C12H16FNO3. The Labute approximate surface area is 99.4 Å². The number of hydrogen-bond donors (Lipinski definition) is 2. The van der Waals surface area contributed by atoms with Gasteiger partial charge in [-0.2, -0.15) is 0 Å². The average molecular weight is 241 g/mol. The standard InChI is InChI=1S/C12H16FNO3/c1-3-17-7-8(2)14-12(16)10-5-4-9(13)6-11(10)15/h4-6,8,15H,3,7H2,1-2H3,(H,14,16).